The molecule has 2 aromatic carbocycles. The first kappa shape index (κ1) is 21.9. The van der Waals surface area contributed by atoms with Crippen molar-refractivity contribution < 1.29 is 8.95 Å². The Morgan fingerprint density at radius 2 is 1.80 bits per heavy atom. The van der Waals surface area contributed by atoms with Gasteiger partial charge >= 0.3 is 0 Å². The molecule has 1 saturated carbocycles. The maximum atomic E-state index is 13.5. The lowest BCUT2D eigenvalue weighted by Crippen LogP contribution is -2.20. The predicted octanol–water partition coefficient (Wildman–Crippen LogP) is 4.56. The molecule has 0 saturated heterocycles. The Labute approximate surface area is 205 Å². The highest BCUT2D eigenvalue weighted by molar-refractivity contribution is 7.83. The van der Waals surface area contributed by atoms with Gasteiger partial charge in [0.05, 0.1) is 28.6 Å². The Bertz CT molecular complexity index is 1670. The summed E-state index contributed by atoms with van der Waals surface area (Å²) in [5.74, 6) is 1.36. The topological polar surface area (TPSA) is 71.0 Å². The molecule has 0 radical (unpaired) electrons. The van der Waals surface area contributed by atoms with E-state index in [-0.39, 0.29) is 5.56 Å². The second kappa shape index (κ2) is 8.23. The van der Waals surface area contributed by atoms with Crippen molar-refractivity contribution in [1.82, 2.24) is 18.3 Å². The van der Waals surface area contributed by atoms with Crippen molar-refractivity contribution in [3.05, 3.63) is 77.0 Å². The summed E-state index contributed by atoms with van der Waals surface area (Å²) in [5.41, 5.74) is 4.04. The molecule has 7 nitrogen and oxygen atoms in total. The smallest absolute Gasteiger partial charge is 0.275 e. The van der Waals surface area contributed by atoms with Crippen LogP contribution in [0.2, 0.25) is 0 Å². The minimum atomic E-state index is -1.55. The van der Waals surface area contributed by atoms with Crippen molar-refractivity contribution in [2.45, 2.75) is 24.7 Å². The molecule has 3 aromatic heterocycles. The number of aromatic nitrogens is 4. The summed E-state index contributed by atoms with van der Waals surface area (Å²) in [5, 5.41) is 6.12. The SMILES string of the molecule is Cc1ccc(S(=O)n2ccc3c(-c4ccc5c(cnn5C)c4OCC4CC4)cn(C)c(=O)c32)cc1. The average molecular weight is 487 g/mol. The third kappa shape index (κ3) is 3.69. The third-order valence-electron chi connectivity index (χ3n) is 6.72. The third-order valence-corrected chi connectivity index (χ3v) is 8.06. The van der Waals surface area contributed by atoms with Crippen molar-refractivity contribution in [2.24, 2.45) is 20.0 Å². The monoisotopic (exact) mass is 486 g/mol. The lowest BCUT2D eigenvalue weighted by atomic mass is 10.0. The summed E-state index contributed by atoms with van der Waals surface area (Å²) in [4.78, 5) is 13.9. The van der Waals surface area contributed by atoms with Crippen molar-refractivity contribution in [3.8, 4) is 16.9 Å². The minimum Gasteiger partial charge on any atom is -0.492 e. The van der Waals surface area contributed by atoms with Gasteiger partial charge in [0, 0.05) is 43.0 Å². The molecule has 8 heteroatoms. The molecule has 1 aliphatic rings. The van der Waals surface area contributed by atoms with Crippen LogP contribution < -0.4 is 10.3 Å². The van der Waals surface area contributed by atoms with Crippen molar-refractivity contribution in [2.75, 3.05) is 6.61 Å². The zero-order valence-electron chi connectivity index (χ0n) is 19.9. The van der Waals surface area contributed by atoms with Crippen LogP contribution in [0, 0.1) is 12.8 Å². The standard InChI is InChI=1S/C27H26N4O3S/c1-17-4-8-19(9-5-17)35(33)31-13-12-20-23(15-29(2)27(32)25(20)31)21-10-11-24-22(14-28-30(24)3)26(21)34-16-18-6-7-18/h4-5,8-15,18H,6-7,16H2,1-3H3. The molecule has 3 heterocycles. The Balaban J connectivity index is 1.56. The molecule has 0 aliphatic heterocycles. The molecular weight excluding hydrogens is 460 g/mol. The van der Waals surface area contributed by atoms with Crippen LogP contribution in [0.25, 0.3) is 32.9 Å². The van der Waals surface area contributed by atoms with Crippen molar-refractivity contribution in [3.63, 3.8) is 0 Å². The van der Waals surface area contributed by atoms with Crippen LogP contribution in [0.4, 0.5) is 0 Å². The van der Waals surface area contributed by atoms with E-state index in [1.807, 2.05) is 73.5 Å². The van der Waals surface area contributed by atoms with E-state index in [4.69, 9.17) is 4.74 Å². The molecule has 5 aromatic rings. The maximum Gasteiger partial charge on any atom is 0.275 e. The number of ether oxygens (including phenoxy) is 1. The second-order valence-electron chi connectivity index (χ2n) is 9.32. The van der Waals surface area contributed by atoms with Gasteiger partial charge in [-0.15, -0.1) is 0 Å². The number of hydrogen-bond donors (Lipinski definition) is 0. The molecular formula is C27H26N4O3S. The first-order valence-electron chi connectivity index (χ1n) is 11.7. The van der Waals surface area contributed by atoms with Gasteiger partial charge in [0.1, 0.15) is 11.3 Å². The van der Waals surface area contributed by atoms with E-state index in [0.29, 0.717) is 22.9 Å². The van der Waals surface area contributed by atoms with Gasteiger partial charge in [-0.2, -0.15) is 5.10 Å². The summed E-state index contributed by atoms with van der Waals surface area (Å²) >= 11 is 0. The van der Waals surface area contributed by atoms with Gasteiger partial charge < -0.3 is 9.30 Å². The molecule has 0 N–H and O–H groups in total. The molecule has 1 atom stereocenters. The summed E-state index contributed by atoms with van der Waals surface area (Å²) in [7, 11) is 2.09. The Hall–Kier alpha value is -3.65. The largest absolute Gasteiger partial charge is 0.492 e. The fourth-order valence-corrected chi connectivity index (χ4v) is 5.62. The van der Waals surface area contributed by atoms with E-state index in [1.54, 1.807) is 21.8 Å². The van der Waals surface area contributed by atoms with Crippen LogP contribution >= 0.6 is 0 Å². The first-order valence-corrected chi connectivity index (χ1v) is 12.8. The van der Waals surface area contributed by atoms with Gasteiger partial charge in [-0.1, -0.05) is 17.7 Å². The Kier molecular flexibility index (Phi) is 5.14. The van der Waals surface area contributed by atoms with Crippen molar-refractivity contribution in [1.29, 1.82) is 0 Å². The lowest BCUT2D eigenvalue weighted by Gasteiger charge is -2.15. The van der Waals surface area contributed by atoms with E-state index in [1.165, 1.54) is 12.8 Å². The van der Waals surface area contributed by atoms with Gasteiger partial charge in [0.25, 0.3) is 5.56 Å². The minimum absolute atomic E-state index is 0.197. The van der Waals surface area contributed by atoms with Crippen LogP contribution in [-0.4, -0.2) is 29.1 Å². The number of pyridine rings is 1. The average Bonchev–Trinajstić information content (AvgIpc) is 3.46. The van der Waals surface area contributed by atoms with E-state index in [9.17, 15) is 9.00 Å². The highest BCUT2D eigenvalue weighted by Gasteiger charge is 2.25. The van der Waals surface area contributed by atoms with E-state index in [2.05, 4.69) is 5.10 Å². The predicted molar refractivity (Wildman–Crippen MR) is 138 cm³/mol. The molecule has 1 unspecified atom stereocenters. The first-order chi connectivity index (χ1) is 16.9. The second-order valence-corrected chi connectivity index (χ2v) is 10.7. The summed E-state index contributed by atoms with van der Waals surface area (Å²) in [6.45, 7) is 2.65. The van der Waals surface area contributed by atoms with E-state index >= 15 is 0 Å². The summed E-state index contributed by atoms with van der Waals surface area (Å²) in [6, 6.07) is 13.5. The summed E-state index contributed by atoms with van der Waals surface area (Å²) < 4.78 is 24.8. The van der Waals surface area contributed by atoms with E-state index < -0.39 is 11.0 Å². The number of hydrogen-bond acceptors (Lipinski definition) is 4. The van der Waals surface area contributed by atoms with Gasteiger partial charge in [0.15, 0.2) is 11.0 Å². The van der Waals surface area contributed by atoms with Crippen LogP contribution in [-0.2, 0) is 25.1 Å². The molecule has 0 spiro atoms. The number of benzene rings is 2. The fraction of sp³-hybridized carbons (Fsp3) is 0.259. The van der Waals surface area contributed by atoms with Gasteiger partial charge in [-0.25, -0.2) is 4.21 Å². The highest BCUT2D eigenvalue weighted by Crippen LogP contribution is 2.41. The van der Waals surface area contributed by atoms with Gasteiger partial charge in [0.2, 0.25) is 0 Å². The van der Waals surface area contributed by atoms with Gasteiger partial charge in [-0.3, -0.25) is 13.4 Å². The number of nitrogens with zero attached hydrogens (tertiary/aromatic N) is 4. The molecule has 178 valence electrons. The lowest BCUT2D eigenvalue weighted by molar-refractivity contribution is 0.304. The molecule has 1 fully saturated rings. The van der Waals surface area contributed by atoms with Crippen LogP contribution in [0.15, 0.2) is 70.7 Å². The molecule has 6 rings (SSSR count). The Morgan fingerprint density at radius 3 is 2.54 bits per heavy atom. The zero-order chi connectivity index (χ0) is 24.3. The van der Waals surface area contributed by atoms with Crippen LogP contribution in [0.3, 0.4) is 0 Å². The summed E-state index contributed by atoms with van der Waals surface area (Å²) in [6.07, 6.45) is 7.79. The van der Waals surface area contributed by atoms with Crippen molar-refractivity contribution >= 4 is 32.8 Å². The maximum absolute atomic E-state index is 13.5. The molecule has 0 bridgehead atoms. The normalized spacial score (nSPS) is 14.6. The quantitative estimate of drug-likeness (QED) is 0.353. The van der Waals surface area contributed by atoms with E-state index in [0.717, 1.165) is 38.7 Å². The number of rotatable bonds is 6. The highest BCUT2D eigenvalue weighted by atomic mass is 32.2. The van der Waals surface area contributed by atoms with Gasteiger partial charge in [-0.05, 0) is 56.0 Å². The molecule has 1 aliphatic carbocycles. The Morgan fingerprint density at radius 1 is 1.03 bits per heavy atom. The molecule has 0 amide bonds. The van der Waals surface area contributed by atoms with Crippen LogP contribution in [0.5, 0.6) is 5.75 Å². The number of aryl methyl sites for hydroxylation is 3. The number of fused-ring (bicyclic) bond motifs is 2. The van der Waals surface area contributed by atoms with Crippen LogP contribution in [0.1, 0.15) is 18.4 Å². The molecule has 35 heavy (non-hydrogen) atoms. The zero-order valence-corrected chi connectivity index (χ0v) is 20.7. The fourth-order valence-electron chi connectivity index (χ4n) is 4.51.